The highest BCUT2D eigenvalue weighted by Gasteiger charge is 2.32. The van der Waals surface area contributed by atoms with Gasteiger partial charge in [0.15, 0.2) is 0 Å². The average Bonchev–Trinajstić information content (AvgIpc) is 2.61. The van der Waals surface area contributed by atoms with Crippen molar-refractivity contribution >= 4 is 34.6 Å². The summed E-state index contributed by atoms with van der Waals surface area (Å²) < 4.78 is 5.97. The van der Waals surface area contributed by atoms with Crippen molar-refractivity contribution in [3.05, 3.63) is 22.8 Å². The number of aromatic nitrogens is 1. The van der Waals surface area contributed by atoms with Crippen LogP contribution in [0, 0.1) is 0 Å². The average molecular weight is 284 g/mol. The van der Waals surface area contributed by atoms with Crippen LogP contribution >= 0.6 is 15.9 Å². The molecule has 2 rings (SSSR count). The van der Waals surface area contributed by atoms with Crippen molar-refractivity contribution < 1.29 is 9.53 Å². The number of carbonyl (C=O) groups is 1. The number of rotatable bonds is 3. The van der Waals surface area contributed by atoms with Gasteiger partial charge in [0.2, 0.25) is 0 Å². The Labute approximate surface area is 101 Å². The van der Waals surface area contributed by atoms with Crippen LogP contribution in [0.5, 0.6) is 0 Å². The van der Waals surface area contributed by atoms with E-state index in [2.05, 4.69) is 32.6 Å². The number of hydrogen-bond donors (Lipinski definition) is 0. The molecule has 1 amide bonds. The highest BCUT2D eigenvalue weighted by molar-refractivity contribution is 9.10. The first-order valence-electron chi connectivity index (χ1n) is 4.73. The molecule has 0 unspecified atom stereocenters. The van der Waals surface area contributed by atoms with E-state index >= 15 is 0 Å². The Morgan fingerprint density at radius 2 is 2.50 bits per heavy atom. The number of carbonyl (C=O) groups excluding carboxylic acids is 1. The van der Waals surface area contributed by atoms with Crippen LogP contribution in [0.3, 0.4) is 0 Å². The summed E-state index contributed by atoms with van der Waals surface area (Å²) in [4.78, 5) is 20.9. The van der Waals surface area contributed by atoms with Crippen molar-refractivity contribution in [1.29, 1.82) is 0 Å². The molecule has 84 valence electrons. The Bertz CT molecular complexity index is 407. The van der Waals surface area contributed by atoms with Gasteiger partial charge in [0.1, 0.15) is 11.9 Å². The second-order valence-electron chi connectivity index (χ2n) is 3.36. The molecule has 1 atom stereocenters. The largest absolute Gasteiger partial charge is 0.442 e. The quantitative estimate of drug-likeness (QED) is 0.796. The van der Waals surface area contributed by atoms with Crippen LogP contribution in [-0.4, -0.2) is 37.0 Å². The second kappa shape index (κ2) is 4.61. The molecule has 1 fully saturated rings. The van der Waals surface area contributed by atoms with Crippen LogP contribution in [0.2, 0.25) is 0 Å². The van der Waals surface area contributed by atoms with E-state index in [-0.39, 0.29) is 12.2 Å². The van der Waals surface area contributed by atoms with Crippen molar-refractivity contribution in [2.45, 2.75) is 6.10 Å². The van der Waals surface area contributed by atoms with E-state index < -0.39 is 0 Å². The number of halogens is 1. The maximum Gasteiger partial charge on any atom is 0.416 e. The topological polar surface area (TPSA) is 54.8 Å². The van der Waals surface area contributed by atoms with Gasteiger partial charge in [0.25, 0.3) is 0 Å². The first-order chi connectivity index (χ1) is 7.70. The third-order valence-electron chi connectivity index (χ3n) is 2.20. The lowest BCUT2D eigenvalue weighted by Gasteiger charge is -2.10. The highest BCUT2D eigenvalue weighted by atomic mass is 79.9. The van der Waals surface area contributed by atoms with Gasteiger partial charge in [0, 0.05) is 10.7 Å². The zero-order valence-corrected chi connectivity index (χ0v) is 10.1. The van der Waals surface area contributed by atoms with Crippen LogP contribution in [0.15, 0.2) is 27.8 Å². The zero-order chi connectivity index (χ0) is 11.5. The summed E-state index contributed by atoms with van der Waals surface area (Å²) in [6.45, 7) is 4.26. The molecule has 0 saturated carbocycles. The van der Waals surface area contributed by atoms with Gasteiger partial charge in [-0.2, -0.15) is 0 Å². The van der Waals surface area contributed by atoms with Crippen LogP contribution in [0.1, 0.15) is 0 Å². The highest BCUT2D eigenvalue weighted by Crippen LogP contribution is 2.20. The summed E-state index contributed by atoms with van der Waals surface area (Å²) in [5, 5.41) is 0. The van der Waals surface area contributed by atoms with Crippen molar-refractivity contribution in [3.8, 4) is 0 Å². The van der Waals surface area contributed by atoms with Crippen LogP contribution in [0.4, 0.5) is 10.6 Å². The van der Waals surface area contributed by atoms with Crippen molar-refractivity contribution in [2.75, 3.05) is 18.0 Å². The van der Waals surface area contributed by atoms with E-state index in [0.29, 0.717) is 18.9 Å². The SMILES string of the molecule is C=NC[C@H]1CN(c2ccc(Br)cn2)C(=O)O1. The molecule has 2 heterocycles. The smallest absolute Gasteiger partial charge is 0.416 e. The van der Waals surface area contributed by atoms with E-state index in [1.54, 1.807) is 12.3 Å². The molecule has 0 bridgehead atoms. The number of anilines is 1. The van der Waals surface area contributed by atoms with E-state index in [0.717, 1.165) is 4.47 Å². The fourth-order valence-electron chi connectivity index (χ4n) is 1.48. The number of nitrogens with zero attached hydrogens (tertiary/aromatic N) is 3. The molecule has 6 heteroatoms. The van der Waals surface area contributed by atoms with Crippen molar-refractivity contribution in [2.24, 2.45) is 4.99 Å². The summed E-state index contributed by atoms with van der Waals surface area (Å²) in [7, 11) is 0. The van der Waals surface area contributed by atoms with E-state index in [1.165, 1.54) is 4.90 Å². The predicted molar refractivity (Wildman–Crippen MR) is 64.0 cm³/mol. The lowest BCUT2D eigenvalue weighted by Crippen LogP contribution is -2.25. The van der Waals surface area contributed by atoms with Gasteiger partial charge in [-0.25, -0.2) is 9.78 Å². The number of ether oxygens (including phenoxy) is 1. The third-order valence-corrected chi connectivity index (χ3v) is 2.66. The van der Waals surface area contributed by atoms with E-state index in [4.69, 9.17) is 4.74 Å². The fourth-order valence-corrected chi connectivity index (χ4v) is 1.71. The molecular weight excluding hydrogens is 274 g/mol. The minimum atomic E-state index is -0.386. The normalized spacial score (nSPS) is 19.7. The molecule has 1 saturated heterocycles. The molecule has 1 aliphatic heterocycles. The summed E-state index contributed by atoms with van der Waals surface area (Å²) in [5.74, 6) is 0.583. The maximum atomic E-state index is 11.5. The lowest BCUT2D eigenvalue weighted by molar-refractivity contribution is 0.145. The number of amides is 1. The van der Waals surface area contributed by atoms with Gasteiger partial charge in [-0.1, -0.05) is 0 Å². The van der Waals surface area contributed by atoms with Crippen LogP contribution < -0.4 is 4.90 Å². The molecule has 5 nitrogen and oxygen atoms in total. The summed E-state index contributed by atoms with van der Waals surface area (Å²) in [5.41, 5.74) is 0. The van der Waals surface area contributed by atoms with Gasteiger partial charge in [-0.3, -0.25) is 9.89 Å². The van der Waals surface area contributed by atoms with Gasteiger partial charge < -0.3 is 4.74 Å². The fraction of sp³-hybridized carbons (Fsp3) is 0.300. The Hall–Kier alpha value is -1.43. The molecule has 0 aliphatic carbocycles. The number of cyclic esters (lactones) is 1. The summed E-state index contributed by atoms with van der Waals surface area (Å²) >= 11 is 3.29. The molecule has 16 heavy (non-hydrogen) atoms. The Morgan fingerprint density at radius 1 is 1.69 bits per heavy atom. The van der Waals surface area contributed by atoms with E-state index in [9.17, 15) is 4.79 Å². The van der Waals surface area contributed by atoms with Crippen LogP contribution in [-0.2, 0) is 4.74 Å². The number of hydrogen-bond acceptors (Lipinski definition) is 4. The second-order valence-corrected chi connectivity index (χ2v) is 4.27. The van der Waals surface area contributed by atoms with Gasteiger partial charge in [-0.05, 0) is 34.8 Å². The third kappa shape index (κ3) is 2.21. The maximum absolute atomic E-state index is 11.5. The number of pyridine rings is 1. The van der Waals surface area contributed by atoms with Crippen molar-refractivity contribution in [1.82, 2.24) is 4.98 Å². The molecular formula is C10H10BrN3O2. The molecule has 1 aliphatic rings. The van der Waals surface area contributed by atoms with E-state index in [1.807, 2.05) is 6.07 Å². The first-order valence-corrected chi connectivity index (χ1v) is 5.52. The molecule has 1 aromatic rings. The monoisotopic (exact) mass is 283 g/mol. The Kier molecular flexibility index (Phi) is 3.19. The molecule has 0 N–H and O–H groups in total. The van der Waals surface area contributed by atoms with Crippen LogP contribution in [0.25, 0.3) is 0 Å². The standard InChI is InChI=1S/C10H10BrN3O2/c1-12-5-8-6-14(10(15)16-8)9-3-2-7(11)4-13-9/h2-4,8H,1,5-6H2/t8-/m0/s1. The zero-order valence-electron chi connectivity index (χ0n) is 8.47. The molecule has 0 aromatic carbocycles. The molecule has 1 aromatic heterocycles. The molecule has 0 radical (unpaired) electrons. The minimum Gasteiger partial charge on any atom is -0.442 e. The molecule has 0 spiro atoms. The lowest BCUT2D eigenvalue weighted by atomic mass is 10.3. The minimum absolute atomic E-state index is 0.226. The van der Waals surface area contributed by atoms with Crippen molar-refractivity contribution in [3.63, 3.8) is 0 Å². The van der Waals surface area contributed by atoms with Gasteiger partial charge in [0.05, 0.1) is 13.1 Å². The Morgan fingerprint density at radius 3 is 3.12 bits per heavy atom. The summed E-state index contributed by atoms with van der Waals surface area (Å²) in [6.07, 6.45) is 1.03. The number of aliphatic imine (C=N–C) groups is 1. The predicted octanol–water partition coefficient (Wildman–Crippen LogP) is 1.87. The first kappa shape index (κ1) is 11.1. The Balaban J connectivity index is 2.13. The summed E-state index contributed by atoms with van der Waals surface area (Å²) in [6, 6.07) is 3.59. The van der Waals surface area contributed by atoms with Gasteiger partial charge >= 0.3 is 6.09 Å². The van der Waals surface area contributed by atoms with Gasteiger partial charge in [-0.15, -0.1) is 0 Å².